The molecule has 0 saturated carbocycles. The van der Waals surface area contributed by atoms with E-state index in [4.69, 9.17) is 9.98 Å². The van der Waals surface area contributed by atoms with Crippen molar-refractivity contribution in [2.45, 2.75) is 0 Å². The summed E-state index contributed by atoms with van der Waals surface area (Å²) in [5, 5.41) is 15.4. The van der Waals surface area contributed by atoms with Gasteiger partial charge in [0.05, 0.1) is 22.1 Å². The fraction of sp³-hybridized carbons (Fsp3) is 0. The van der Waals surface area contributed by atoms with Crippen molar-refractivity contribution < 1.29 is 5.11 Å². The number of aromatic nitrogens is 2. The number of aromatic amines is 1. The van der Waals surface area contributed by atoms with Crippen LogP contribution in [0.15, 0.2) is 99.8 Å². The lowest BCUT2D eigenvalue weighted by Crippen LogP contribution is -2.27. The second-order valence-corrected chi connectivity index (χ2v) is 8.26. The van der Waals surface area contributed by atoms with Crippen LogP contribution in [0.25, 0.3) is 32.4 Å². The molecule has 34 heavy (non-hydrogen) atoms. The first-order chi connectivity index (χ1) is 16.7. The quantitative estimate of drug-likeness (QED) is 0.372. The number of aromatic hydroxyl groups is 1. The largest absolute Gasteiger partial charge is 0.493 e. The summed E-state index contributed by atoms with van der Waals surface area (Å²) in [5.74, 6) is 0.428. The lowest BCUT2D eigenvalue weighted by atomic mass is 10.0. The topological polar surface area (TPSA) is 94.8 Å². The number of H-pyrrole nitrogens is 1. The Morgan fingerprint density at radius 2 is 1.59 bits per heavy atom. The van der Waals surface area contributed by atoms with Crippen LogP contribution in [0.3, 0.4) is 0 Å². The third-order valence-electron chi connectivity index (χ3n) is 6.29. The minimum Gasteiger partial charge on any atom is -0.493 e. The number of nitrogens with one attached hydrogen (secondary N) is 2. The van der Waals surface area contributed by atoms with Crippen LogP contribution in [0.1, 0.15) is 5.56 Å². The van der Waals surface area contributed by atoms with E-state index in [1.807, 2.05) is 72.9 Å². The first kappa shape index (κ1) is 18.6. The summed E-state index contributed by atoms with van der Waals surface area (Å²) in [7, 11) is 0. The third-order valence-corrected chi connectivity index (χ3v) is 6.29. The van der Waals surface area contributed by atoms with E-state index in [0.29, 0.717) is 38.7 Å². The van der Waals surface area contributed by atoms with Gasteiger partial charge in [0.25, 0.3) is 5.56 Å². The van der Waals surface area contributed by atoms with Crippen molar-refractivity contribution in [3.63, 3.8) is 0 Å². The summed E-state index contributed by atoms with van der Waals surface area (Å²) in [6, 6.07) is 24.6. The Labute approximate surface area is 192 Å². The number of aliphatic imine (C=N–C) groups is 1. The highest BCUT2D eigenvalue weighted by Gasteiger charge is 2.22. The molecule has 0 saturated heterocycles. The summed E-state index contributed by atoms with van der Waals surface area (Å²) in [4.78, 5) is 26.3. The molecule has 1 aliphatic rings. The van der Waals surface area contributed by atoms with E-state index < -0.39 is 0 Å². The molecular weight excluding hydrogens is 426 g/mol. The second kappa shape index (κ2) is 6.79. The smallest absolute Gasteiger partial charge is 0.280 e. The Kier molecular flexibility index (Phi) is 3.72. The summed E-state index contributed by atoms with van der Waals surface area (Å²) >= 11 is 0. The van der Waals surface area contributed by atoms with Crippen LogP contribution in [0, 0.1) is 0 Å². The molecule has 7 nitrogen and oxygen atoms in total. The molecule has 2 aromatic heterocycles. The van der Waals surface area contributed by atoms with Crippen LogP contribution in [-0.4, -0.2) is 20.6 Å². The molecule has 1 aliphatic heterocycles. The number of rotatable bonds is 3. The van der Waals surface area contributed by atoms with Crippen LogP contribution in [0.2, 0.25) is 0 Å². The van der Waals surface area contributed by atoms with Crippen LogP contribution in [0.4, 0.5) is 11.4 Å². The van der Waals surface area contributed by atoms with Crippen molar-refractivity contribution in [2.24, 2.45) is 9.98 Å². The van der Waals surface area contributed by atoms with Crippen molar-refractivity contribution in [1.82, 2.24) is 9.66 Å². The first-order valence-corrected chi connectivity index (χ1v) is 10.9. The molecule has 0 spiro atoms. The Morgan fingerprint density at radius 3 is 2.47 bits per heavy atom. The van der Waals surface area contributed by atoms with Gasteiger partial charge >= 0.3 is 0 Å². The lowest BCUT2D eigenvalue weighted by Gasteiger charge is -2.15. The number of amidine groups is 1. The molecular formula is C27H17N5O2. The van der Waals surface area contributed by atoms with Crippen LogP contribution in [0.5, 0.6) is 5.88 Å². The van der Waals surface area contributed by atoms with E-state index in [2.05, 4.69) is 10.4 Å². The SMILES string of the molecule is O=c1c2cccc3c4c(cc(c(O)n1Nc1ccccc1)c32)N=C(c1c[nH]c2ccccc12)N=4. The van der Waals surface area contributed by atoms with Crippen molar-refractivity contribution in [3.8, 4) is 5.88 Å². The molecule has 4 aromatic carbocycles. The number of hydrogen-bond acceptors (Lipinski definition) is 5. The van der Waals surface area contributed by atoms with Crippen molar-refractivity contribution in [2.75, 3.05) is 5.43 Å². The van der Waals surface area contributed by atoms with Gasteiger partial charge in [0, 0.05) is 38.8 Å². The number of benzene rings is 4. The Bertz CT molecular complexity index is 1920. The molecule has 162 valence electrons. The van der Waals surface area contributed by atoms with Crippen molar-refractivity contribution >= 4 is 49.7 Å². The average Bonchev–Trinajstić information content (AvgIpc) is 3.50. The maximum absolute atomic E-state index is 13.3. The summed E-state index contributed by atoms with van der Waals surface area (Å²) in [6.45, 7) is 0. The van der Waals surface area contributed by atoms with Gasteiger partial charge in [0.15, 0.2) is 5.84 Å². The van der Waals surface area contributed by atoms with Gasteiger partial charge < -0.3 is 10.1 Å². The van der Waals surface area contributed by atoms with Crippen LogP contribution < -0.4 is 16.3 Å². The molecule has 0 fully saturated rings. The number of para-hydroxylation sites is 2. The number of nitrogens with zero attached hydrogens (tertiary/aromatic N) is 3. The molecule has 7 heteroatoms. The number of fused-ring (bicyclic) bond motifs is 3. The third kappa shape index (κ3) is 2.55. The molecule has 0 amide bonds. The second-order valence-electron chi connectivity index (χ2n) is 8.26. The van der Waals surface area contributed by atoms with E-state index in [-0.39, 0.29) is 11.4 Å². The Balaban J connectivity index is 1.49. The maximum atomic E-state index is 13.3. The van der Waals surface area contributed by atoms with E-state index in [1.54, 1.807) is 12.1 Å². The fourth-order valence-electron chi connectivity index (χ4n) is 4.72. The Hall–Kier alpha value is -4.91. The van der Waals surface area contributed by atoms with Gasteiger partial charge in [-0.15, -0.1) is 0 Å². The van der Waals surface area contributed by atoms with Crippen LogP contribution in [-0.2, 0) is 0 Å². The van der Waals surface area contributed by atoms with Gasteiger partial charge in [-0.1, -0.05) is 48.5 Å². The molecule has 6 aromatic rings. The number of hydrogen-bond donors (Lipinski definition) is 3. The minimum absolute atomic E-state index is 0.170. The maximum Gasteiger partial charge on any atom is 0.280 e. The van der Waals surface area contributed by atoms with Gasteiger partial charge in [0.1, 0.15) is 0 Å². The fourth-order valence-corrected chi connectivity index (χ4v) is 4.72. The van der Waals surface area contributed by atoms with Crippen LogP contribution >= 0.6 is 0 Å². The summed E-state index contributed by atoms with van der Waals surface area (Å²) in [5.41, 5.74) is 5.94. The zero-order chi connectivity index (χ0) is 22.8. The molecule has 0 radical (unpaired) electrons. The van der Waals surface area contributed by atoms with E-state index in [9.17, 15) is 9.90 Å². The molecule has 0 bridgehead atoms. The van der Waals surface area contributed by atoms with Crippen molar-refractivity contribution in [3.05, 3.63) is 106 Å². The number of pyridine rings is 1. The monoisotopic (exact) mass is 443 g/mol. The Morgan fingerprint density at radius 1 is 0.824 bits per heavy atom. The molecule has 0 aliphatic carbocycles. The van der Waals surface area contributed by atoms with Crippen molar-refractivity contribution in [1.29, 1.82) is 0 Å². The highest BCUT2D eigenvalue weighted by Crippen LogP contribution is 2.34. The summed E-state index contributed by atoms with van der Waals surface area (Å²) < 4.78 is 1.18. The van der Waals surface area contributed by atoms with E-state index in [0.717, 1.165) is 21.9 Å². The van der Waals surface area contributed by atoms with E-state index >= 15 is 0 Å². The van der Waals surface area contributed by atoms with E-state index in [1.165, 1.54) is 4.68 Å². The molecule has 0 unspecified atom stereocenters. The average molecular weight is 443 g/mol. The summed E-state index contributed by atoms with van der Waals surface area (Å²) in [6.07, 6.45) is 1.91. The normalized spacial score (nSPS) is 12.8. The van der Waals surface area contributed by atoms with Gasteiger partial charge in [-0.25, -0.2) is 9.98 Å². The standard InChI is InChI=1S/C27H17N5O2/c33-26-18-11-6-10-17-23(18)19(27(34)32(26)31-15-7-2-1-3-8-15)13-22-24(17)30-25(29-22)20-14-28-21-12-5-4-9-16(20)21/h1-14,28,31,34H. The predicted molar refractivity (Wildman–Crippen MR) is 134 cm³/mol. The first-order valence-electron chi connectivity index (χ1n) is 10.9. The highest BCUT2D eigenvalue weighted by molar-refractivity contribution is 6.16. The molecule has 3 N–H and O–H groups in total. The predicted octanol–water partition coefficient (Wildman–Crippen LogP) is 4.65. The van der Waals surface area contributed by atoms with Gasteiger partial charge in [0.2, 0.25) is 5.88 Å². The lowest BCUT2D eigenvalue weighted by molar-refractivity contribution is 0.436. The minimum atomic E-state index is -0.338. The zero-order valence-corrected chi connectivity index (χ0v) is 17.8. The highest BCUT2D eigenvalue weighted by atomic mass is 16.3. The molecule has 7 rings (SSSR count). The van der Waals surface area contributed by atoms with Gasteiger partial charge in [-0.05, 0) is 30.3 Å². The van der Waals surface area contributed by atoms with Gasteiger partial charge in [-0.3, -0.25) is 10.2 Å². The van der Waals surface area contributed by atoms with Gasteiger partial charge in [-0.2, -0.15) is 4.68 Å². The molecule has 0 atom stereocenters. The number of anilines is 1. The molecule has 3 heterocycles. The zero-order valence-electron chi connectivity index (χ0n) is 17.8.